The van der Waals surface area contributed by atoms with Crippen LogP contribution in [0.5, 0.6) is 11.6 Å². The second kappa shape index (κ2) is 8.90. The van der Waals surface area contributed by atoms with Crippen LogP contribution < -0.4 is 14.8 Å². The fourth-order valence-corrected chi connectivity index (χ4v) is 4.03. The molecular weight excluding hydrogens is 420 g/mol. The molecule has 0 spiro atoms. The van der Waals surface area contributed by atoms with Gasteiger partial charge in [-0.25, -0.2) is 0 Å². The number of hydrogen-bond donors (Lipinski definition) is 2. The molecule has 174 valence electrons. The van der Waals surface area contributed by atoms with E-state index in [1.165, 1.54) is 12.8 Å². The highest BCUT2D eigenvalue weighted by atomic mass is 16.5. The SMILES string of the molecule is COc1cc(C(=O)N2CCN(C)CC2)ccc1Nc1nc(OCC2CC2)c2c(C)c[nH]c2n1. The number of ether oxygens (including phenoxy) is 2. The summed E-state index contributed by atoms with van der Waals surface area (Å²) in [6.45, 7) is 5.90. The number of amides is 1. The minimum absolute atomic E-state index is 0.0169. The predicted octanol–water partition coefficient (Wildman–Crippen LogP) is 3.19. The third-order valence-corrected chi connectivity index (χ3v) is 6.33. The zero-order chi connectivity index (χ0) is 22.9. The maximum absolute atomic E-state index is 13.0. The Morgan fingerprint density at radius 3 is 2.73 bits per heavy atom. The number of aromatic amines is 1. The molecule has 0 atom stereocenters. The van der Waals surface area contributed by atoms with Gasteiger partial charge in [0.1, 0.15) is 11.4 Å². The van der Waals surface area contributed by atoms with Gasteiger partial charge in [0.25, 0.3) is 5.91 Å². The van der Waals surface area contributed by atoms with Gasteiger partial charge in [-0.3, -0.25) is 4.79 Å². The third kappa shape index (κ3) is 4.59. The van der Waals surface area contributed by atoms with E-state index in [9.17, 15) is 4.79 Å². The van der Waals surface area contributed by atoms with E-state index in [0.717, 1.165) is 42.8 Å². The standard InChI is InChI=1S/C24H30N6O3/c1-15-13-25-21-20(15)22(33-14-16-4-5-16)28-24(27-21)26-18-7-6-17(12-19(18)32-3)23(31)30-10-8-29(2)9-11-30/h6-7,12-13,16H,4-5,8-11,14H2,1-3H3,(H2,25,26,27,28). The third-order valence-electron chi connectivity index (χ3n) is 6.33. The van der Waals surface area contributed by atoms with Crippen molar-refractivity contribution >= 4 is 28.6 Å². The maximum atomic E-state index is 13.0. The second-order valence-electron chi connectivity index (χ2n) is 8.94. The zero-order valence-electron chi connectivity index (χ0n) is 19.4. The van der Waals surface area contributed by atoms with E-state index < -0.39 is 0 Å². The van der Waals surface area contributed by atoms with Crippen LogP contribution in [-0.2, 0) is 0 Å². The Morgan fingerprint density at radius 2 is 2.00 bits per heavy atom. The number of aryl methyl sites for hydroxylation is 1. The summed E-state index contributed by atoms with van der Waals surface area (Å²) in [7, 11) is 3.66. The number of piperazine rings is 1. The molecule has 2 aliphatic rings. The van der Waals surface area contributed by atoms with Gasteiger partial charge >= 0.3 is 0 Å². The zero-order valence-corrected chi connectivity index (χ0v) is 19.4. The number of carbonyl (C=O) groups excluding carboxylic acids is 1. The first-order valence-corrected chi connectivity index (χ1v) is 11.4. The van der Waals surface area contributed by atoms with Gasteiger partial charge in [-0.05, 0) is 56.5 Å². The number of methoxy groups -OCH3 is 1. The molecule has 0 bridgehead atoms. The van der Waals surface area contributed by atoms with E-state index in [4.69, 9.17) is 9.47 Å². The van der Waals surface area contributed by atoms with Crippen molar-refractivity contribution in [3.8, 4) is 11.6 Å². The molecular formula is C24H30N6O3. The molecule has 1 aromatic carbocycles. The Bertz CT molecular complexity index is 1160. The van der Waals surface area contributed by atoms with Gasteiger partial charge in [-0.2, -0.15) is 9.97 Å². The van der Waals surface area contributed by atoms with Gasteiger partial charge in [0.2, 0.25) is 11.8 Å². The largest absolute Gasteiger partial charge is 0.495 e. The lowest BCUT2D eigenvalue weighted by Gasteiger charge is -2.32. The molecule has 9 heteroatoms. The van der Waals surface area contributed by atoms with Crippen molar-refractivity contribution < 1.29 is 14.3 Å². The lowest BCUT2D eigenvalue weighted by molar-refractivity contribution is 0.0664. The van der Waals surface area contributed by atoms with Crippen LogP contribution in [-0.4, -0.2) is 77.6 Å². The van der Waals surface area contributed by atoms with Crippen LogP contribution >= 0.6 is 0 Å². The summed E-state index contributed by atoms with van der Waals surface area (Å²) in [5, 5.41) is 4.15. The average Bonchev–Trinajstić information content (AvgIpc) is 3.59. The molecule has 33 heavy (non-hydrogen) atoms. The highest BCUT2D eigenvalue weighted by Crippen LogP contribution is 2.34. The summed E-state index contributed by atoms with van der Waals surface area (Å²) in [6, 6.07) is 5.42. The number of hydrogen-bond acceptors (Lipinski definition) is 7. The van der Waals surface area contributed by atoms with Gasteiger partial charge in [0.05, 0.1) is 24.8 Å². The quantitative estimate of drug-likeness (QED) is 0.571. The van der Waals surface area contributed by atoms with Crippen LogP contribution in [0.2, 0.25) is 0 Å². The molecule has 1 aliphatic carbocycles. The van der Waals surface area contributed by atoms with Crippen molar-refractivity contribution in [2.24, 2.45) is 5.92 Å². The Morgan fingerprint density at radius 1 is 1.21 bits per heavy atom. The van der Waals surface area contributed by atoms with Crippen molar-refractivity contribution in [3.63, 3.8) is 0 Å². The molecule has 2 N–H and O–H groups in total. The summed E-state index contributed by atoms with van der Waals surface area (Å²) in [5.74, 6) is 2.18. The minimum atomic E-state index is 0.0169. The molecule has 2 fully saturated rings. The number of rotatable bonds is 7. The smallest absolute Gasteiger partial charge is 0.254 e. The number of aromatic nitrogens is 3. The minimum Gasteiger partial charge on any atom is -0.495 e. The normalized spacial score (nSPS) is 16.8. The van der Waals surface area contributed by atoms with Crippen LogP contribution in [0.1, 0.15) is 28.8 Å². The van der Waals surface area contributed by atoms with Gasteiger partial charge in [0, 0.05) is 37.9 Å². The number of likely N-dealkylation sites (N-methyl/N-ethyl adjacent to an activating group) is 1. The van der Waals surface area contributed by atoms with Crippen molar-refractivity contribution in [2.75, 3.05) is 52.3 Å². The molecule has 1 saturated heterocycles. The summed E-state index contributed by atoms with van der Waals surface area (Å²) in [4.78, 5) is 29.5. The first kappa shape index (κ1) is 21.5. The van der Waals surface area contributed by atoms with Crippen molar-refractivity contribution in [1.82, 2.24) is 24.8 Å². The monoisotopic (exact) mass is 450 g/mol. The predicted molar refractivity (Wildman–Crippen MR) is 127 cm³/mol. The molecule has 3 heterocycles. The first-order chi connectivity index (χ1) is 16.0. The Labute approximate surface area is 193 Å². The van der Waals surface area contributed by atoms with E-state index >= 15 is 0 Å². The van der Waals surface area contributed by atoms with Gasteiger partial charge in [-0.1, -0.05) is 0 Å². The first-order valence-electron chi connectivity index (χ1n) is 11.4. The van der Waals surface area contributed by atoms with Crippen LogP contribution in [0.15, 0.2) is 24.4 Å². The topological polar surface area (TPSA) is 95.6 Å². The molecule has 1 aliphatic heterocycles. The summed E-state index contributed by atoms with van der Waals surface area (Å²) in [5.41, 5.74) is 3.05. The van der Waals surface area contributed by atoms with Crippen molar-refractivity contribution in [2.45, 2.75) is 19.8 Å². The maximum Gasteiger partial charge on any atom is 0.254 e. The Balaban J connectivity index is 1.38. The molecule has 1 saturated carbocycles. The average molecular weight is 451 g/mol. The van der Waals surface area contributed by atoms with Crippen LogP contribution in [0.4, 0.5) is 11.6 Å². The van der Waals surface area contributed by atoms with Crippen LogP contribution in [0.25, 0.3) is 11.0 Å². The van der Waals surface area contributed by atoms with E-state index in [0.29, 0.717) is 41.4 Å². The van der Waals surface area contributed by atoms with Crippen molar-refractivity contribution in [1.29, 1.82) is 0 Å². The number of H-pyrrole nitrogens is 1. The Kier molecular flexibility index (Phi) is 5.80. The van der Waals surface area contributed by atoms with Crippen LogP contribution in [0.3, 0.4) is 0 Å². The highest BCUT2D eigenvalue weighted by molar-refractivity contribution is 5.95. The number of fused-ring (bicyclic) bond motifs is 1. The molecule has 0 unspecified atom stereocenters. The molecule has 2 aromatic heterocycles. The number of nitrogens with zero attached hydrogens (tertiary/aromatic N) is 4. The number of nitrogens with one attached hydrogen (secondary N) is 2. The van der Waals surface area contributed by atoms with E-state index in [1.807, 2.05) is 30.2 Å². The summed E-state index contributed by atoms with van der Waals surface area (Å²) in [6.07, 6.45) is 4.33. The van der Waals surface area contributed by atoms with Gasteiger partial charge in [-0.15, -0.1) is 0 Å². The number of benzene rings is 1. The molecule has 1 amide bonds. The molecule has 0 radical (unpaired) electrons. The highest BCUT2D eigenvalue weighted by Gasteiger charge is 2.24. The van der Waals surface area contributed by atoms with Crippen molar-refractivity contribution in [3.05, 3.63) is 35.5 Å². The van der Waals surface area contributed by atoms with Crippen LogP contribution in [0, 0.1) is 12.8 Å². The second-order valence-corrected chi connectivity index (χ2v) is 8.94. The molecule has 3 aromatic rings. The van der Waals surface area contributed by atoms with Gasteiger partial charge in [0.15, 0.2) is 0 Å². The lowest BCUT2D eigenvalue weighted by atomic mass is 10.1. The van der Waals surface area contributed by atoms with E-state index in [1.54, 1.807) is 13.2 Å². The molecule has 5 rings (SSSR count). The number of carbonyl (C=O) groups is 1. The van der Waals surface area contributed by atoms with E-state index in [-0.39, 0.29) is 5.91 Å². The Hall–Kier alpha value is -3.33. The molecule has 9 nitrogen and oxygen atoms in total. The van der Waals surface area contributed by atoms with E-state index in [2.05, 4.69) is 32.2 Å². The summed E-state index contributed by atoms with van der Waals surface area (Å²) >= 11 is 0. The fraction of sp³-hybridized carbons (Fsp3) is 0.458. The number of anilines is 2. The fourth-order valence-electron chi connectivity index (χ4n) is 4.03. The summed E-state index contributed by atoms with van der Waals surface area (Å²) < 4.78 is 11.6. The van der Waals surface area contributed by atoms with Gasteiger partial charge < -0.3 is 29.6 Å². The lowest BCUT2D eigenvalue weighted by Crippen LogP contribution is -2.47.